The van der Waals surface area contributed by atoms with Gasteiger partial charge in [0.1, 0.15) is 0 Å². The Labute approximate surface area is 129 Å². The standard InChI is InChI=1S/C12H11IN5OP/c1-3-9-7-4-10(8-5-15-17(2)12(8)19)14-6-11(7)18(16-9)20-13/h3-6,15,20H,1H2,2H3. The molecule has 0 fully saturated rings. The maximum atomic E-state index is 12.0. The molecule has 3 aromatic rings. The van der Waals surface area contributed by atoms with Crippen LogP contribution in [0.2, 0.25) is 0 Å². The van der Waals surface area contributed by atoms with Crippen LogP contribution in [0, 0.1) is 0 Å². The third-order valence-electron chi connectivity index (χ3n) is 3.08. The number of aromatic nitrogens is 5. The Hall–Kier alpha value is -1.47. The van der Waals surface area contributed by atoms with Gasteiger partial charge in [0.15, 0.2) is 0 Å². The van der Waals surface area contributed by atoms with Gasteiger partial charge in [0.2, 0.25) is 0 Å². The summed E-state index contributed by atoms with van der Waals surface area (Å²) in [6, 6.07) is 1.89. The molecule has 0 aliphatic heterocycles. The zero-order chi connectivity index (χ0) is 14.3. The lowest BCUT2D eigenvalue weighted by Crippen LogP contribution is -2.13. The van der Waals surface area contributed by atoms with Gasteiger partial charge in [0.25, 0.3) is 5.56 Å². The second-order valence-electron chi connectivity index (χ2n) is 4.22. The maximum absolute atomic E-state index is 12.0. The Morgan fingerprint density at radius 2 is 2.35 bits per heavy atom. The molecule has 0 aliphatic rings. The van der Waals surface area contributed by atoms with E-state index in [4.69, 9.17) is 0 Å². The molecular formula is C12H11IN5OP. The second-order valence-corrected chi connectivity index (χ2v) is 6.26. The number of pyridine rings is 1. The number of halogens is 1. The number of H-pyrrole nitrogens is 1. The normalized spacial score (nSPS) is 11.7. The number of hydrogen-bond acceptors (Lipinski definition) is 3. The largest absolute Gasteiger partial charge is 0.302 e. The van der Waals surface area contributed by atoms with Crippen LogP contribution >= 0.6 is 28.4 Å². The van der Waals surface area contributed by atoms with Crippen LogP contribution in [0.4, 0.5) is 0 Å². The van der Waals surface area contributed by atoms with Crippen molar-refractivity contribution < 1.29 is 0 Å². The van der Waals surface area contributed by atoms with Crippen molar-refractivity contribution in [2.75, 3.05) is 0 Å². The third kappa shape index (κ3) is 2.01. The lowest BCUT2D eigenvalue weighted by atomic mass is 10.1. The number of rotatable bonds is 3. The van der Waals surface area contributed by atoms with E-state index in [1.54, 1.807) is 25.5 Å². The zero-order valence-electron chi connectivity index (χ0n) is 10.6. The van der Waals surface area contributed by atoms with E-state index in [-0.39, 0.29) is 5.56 Å². The number of aryl methyl sites for hydroxylation is 1. The lowest BCUT2D eigenvalue weighted by molar-refractivity contribution is 0.740. The van der Waals surface area contributed by atoms with Gasteiger partial charge in [0, 0.05) is 18.6 Å². The predicted octanol–water partition coefficient (Wildman–Crippen LogP) is 2.56. The minimum Gasteiger partial charge on any atom is -0.302 e. The molecule has 8 heteroatoms. The molecule has 102 valence electrons. The molecule has 3 rings (SSSR count). The summed E-state index contributed by atoms with van der Waals surface area (Å²) >= 11 is 2.27. The fourth-order valence-electron chi connectivity index (χ4n) is 2.05. The number of fused-ring (bicyclic) bond motifs is 1. The van der Waals surface area contributed by atoms with Crippen molar-refractivity contribution in [1.82, 2.24) is 24.3 Å². The van der Waals surface area contributed by atoms with E-state index in [0.717, 1.165) is 16.6 Å². The van der Waals surface area contributed by atoms with Crippen molar-refractivity contribution in [1.29, 1.82) is 0 Å². The highest BCUT2D eigenvalue weighted by Gasteiger charge is 2.13. The molecule has 0 aromatic carbocycles. The van der Waals surface area contributed by atoms with Crippen LogP contribution < -0.4 is 5.56 Å². The molecule has 0 saturated heterocycles. The van der Waals surface area contributed by atoms with Crippen LogP contribution in [0.5, 0.6) is 0 Å². The first kappa shape index (κ1) is 13.5. The van der Waals surface area contributed by atoms with E-state index in [1.807, 2.05) is 10.5 Å². The number of aromatic amines is 1. The molecule has 0 amide bonds. The summed E-state index contributed by atoms with van der Waals surface area (Å²) < 4.78 is 3.31. The van der Waals surface area contributed by atoms with Crippen LogP contribution in [0.3, 0.4) is 0 Å². The molecule has 0 bridgehead atoms. The summed E-state index contributed by atoms with van der Waals surface area (Å²) in [7, 11) is 1.68. The Morgan fingerprint density at radius 1 is 1.55 bits per heavy atom. The summed E-state index contributed by atoms with van der Waals surface area (Å²) in [5.41, 5.74) is 2.84. The predicted molar refractivity (Wildman–Crippen MR) is 90.4 cm³/mol. The SMILES string of the molecule is C=Cc1nn(PI)c2cnc(-c3c[nH]n(C)c3=O)cc12. The molecule has 6 nitrogen and oxygen atoms in total. The average Bonchev–Trinajstić information content (AvgIpc) is 2.99. The van der Waals surface area contributed by atoms with Crippen molar-refractivity contribution in [3.8, 4) is 11.3 Å². The van der Waals surface area contributed by atoms with E-state index < -0.39 is 0 Å². The summed E-state index contributed by atoms with van der Waals surface area (Å²) in [5.74, 6) is 0. The van der Waals surface area contributed by atoms with Crippen LogP contribution in [0.1, 0.15) is 5.69 Å². The van der Waals surface area contributed by atoms with Gasteiger partial charge in [-0.1, -0.05) is 6.58 Å². The molecule has 1 atom stereocenters. The molecule has 3 aromatic heterocycles. The minimum atomic E-state index is -0.0971. The Kier molecular flexibility index (Phi) is 3.47. The summed E-state index contributed by atoms with van der Waals surface area (Å²) in [6.07, 6.45) is 5.62. The van der Waals surface area contributed by atoms with Crippen LogP contribution in [-0.4, -0.2) is 24.3 Å². The average molecular weight is 399 g/mol. The van der Waals surface area contributed by atoms with Gasteiger partial charge in [-0.2, -0.15) is 5.10 Å². The molecule has 0 aliphatic carbocycles. The zero-order valence-corrected chi connectivity index (χ0v) is 13.7. The van der Waals surface area contributed by atoms with Gasteiger partial charge in [-0.3, -0.25) is 14.5 Å². The van der Waals surface area contributed by atoms with E-state index in [2.05, 4.69) is 43.8 Å². The first-order valence-corrected chi connectivity index (χ1v) is 9.84. The number of nitrogens with zero attached hydrogens (tertiary/aromatic N) is 4. The molecule has 0 radical (unpaired) electrons. The Bertz CT molecular complexity index is 862. The maximum Gasteiger partial charge on any atom is 0.275 e. The quantitative estimate of drug-likeness (QED) is 0.544. The monoisotopic (exact) mass is 399 g/mol. The molecule has 3 heterocycles. The molecule has 1 unspecified atom stereocenters. The lowest BCUT2D eigenvalue weighted by Gasteiger charge is -1.98. The molecule has 20 heavy (non-hydrogen) atoms. The van der Waals surface area contributed by atoms with Crippen molar-refractivity contribution in [3.63, 3.8) is 0 Å². The van der Waals surface area contributed by atoms with Crippen molar-refractivity contribution in [2.45, 2.75) is 0 Å². The minimum absolute atomic E-state index is 0.0971. The van der Waals surface area contributed by atoms with E-state index >= 15 is 0 Å². The molecule has 0 saturated carbocycles. The number of nitrogens with one attached hydrogen (secondary N) is 1. The summed E-state index contributed by atoms with van der Waals surface area (Å²) in [5, 5.41) is 8.27. The van der Waals surface area contributed by atoms with Crippen LogP contribution in [-0.2, 0) is 7.05 Å². The Morgan fingerprint density at radius 3 is 2.95 bits per heavy atom. The second kappa shape index (κ2) is 5.14. The first-order chi connectivity index (χ1) is 9.65. The van der Waals surface area contributed by atoms with Crippen LogP contribution in [0.15, 0.2) is 29.8 Å². The third-order valence-corrected chi connectivity index (χ3v) is 4.95. The fraction of sp³-hybridized carbons (Fsp3) is 0.0833. The smallest absolute Gasteiger partial charge is 0.275 e. The van der Waals surface area contributed by atoms with E-state index in [0.29, 0.717) is 17.6 Å². The van der Waals surface area contributed by atoms with E-state index in [1.165, 1.54) is 4.68 Å². The molecule has 1 N–H and O–H groups in total. The highest BCUT2D eigenvalue weighted by molar-refractivity contribution is 14.2. The van der Waals surface area contributed by atoms with Gasteiger partial charge in [0.05, 0.1) is 35.0 Å². The van der Waals surface area contributed by atoms with Gasteiger partial charge in [-0.15, -0.1) is 0 Å². The fourth-order valence-corrected chi connectivity index (χ4v) is 3.56. The number of hydrogen-bond donors (Lipinski definition) is 1. The topological polar surface area (TPSA) is 68.5 Å². The van der Waals surface area contributed by atoms with Crippen molar-refractivity contribution in [2.24, 2.45) is 7.05 Å². The summed E-state index contributed by atoms with van der Waals surface area (Å²) in [6.45, 7) is 3.79. The highest BCUT2D eigenvalue weighted by Crippen LogP contribution is 2.31. The Balaban J connectivity index is 2.27. The van der Waals surface area contributed by atoms with Gasteiger partial charge in [-0.05, 0) is 34.2 Å². The van der Waals surface area contributed by atoms with Gasteiger partial charge >= 0.3 is 0 Å². The molecular weight excluding hydrogens is 388 g/mol. The van der Waals surface area contributed by atoms with Crippen LogP contribution in [0.25, 0.3) is 28.2 Å². The molecule has 0 spiro atoms. The van der Waals surface area contributed by atoms with Gasteiger partial charge in [-0.25, -0.2) is 4.45 Å². The highest BCUT2D eigenvalue weighted by atomic mass is 127. The summed E-state index contributed by atoms with van der Waals surface area (Å²) in [4.78, 5) is 16.4. The van der Waals surface area contributed by atoms with Gasteiger partial charge < -0.3 is 5.10 Å². The van der Waals surface area contributed by atoms with Crippen molar-refractivity contribution >= 4 is 45.4 Å². The first-order valence-electron chi connectivity index (χ1n) is 5.78. The van der Waals surface area contributed by atoms with E-state index in [9.17, 15) is 4.79 Å². The van der Waals surface area contributed by atoms with Crippen molar-refractivity contribution in [3.05, 3.63) is 41.1 Å².